The number of hydrogen-bond donors (Lipinski definition) is 1. The van der Waals surface area contributed by atoms with E-state index in [-0.39, 0.29) is 0 Å². The van der Waals surface area contributed by atoms with Crippen molar-refractivity contribution in [1.29, 1.82) is 0 Å². The predicted molar refractivity (Wildman–Crippen MR) is 85.5 cm³/mol. The number of carbonyl (C=O) groups is 1. The van der Waals surface area contributed by atoms with Crippen LogP contribution in [0.1, 0.15) is 38.2 Å². The third kappa shape index (κ3) is 2.30. The maximum Gasteiger partial charge on any atom is 0.316 e. The molecular weight excluding hydrogens is 262 g/mol. The SMILES string of the molecule is CCCC1(N(C)C)C=CCCC1(C(=O)O)c1ccccc1. The molecule has 114 valence electrons. The van der Waals surface area contributed by atoms with Gasteiger partial charge in [-0.25, -0.2) is 0 Å². The fourth-order valence-corrected chi connectivity index (χ4v) is 3.90. The summed E-state index contributed by atoms with van der Waals surface area (Å²) in [6.45, 7) is 2.12. The molecule has 1 N–H and O–H groups in total. The lowest BCUT2D eigenvalue weighted by Crippen LogP contribution is -2.63. The van der Waals surface area contributed by atoms with Crippen LogP contribution in [0.5, 0.6) is 0 Å². The average Bonchev–Trinajstić information content (AvgIpc) is 2.48. The number of aliphatic carboxylic acids is 1. The summed E-state index contributed by atoms with van der Waals surface area (Å²) in [4.78, 5) is 14.5. The topological polar surface area (TPSA) is 40.5 Å². The van der Waals surface area contributed by atoms with Gasteiger partial charge in [0, 0.05) is 0 Å². The van der Waals surface area contributed by atoms with Crippen LogP contribution in [0.15, 0.2) is 42.5 Å². The van der Waals surface area contributed by atoms with Gasteiger partial charge in [0.1, 0.15) is 5.41 Å². The summed E-state index contributed by atoms with van der Waals surface area (Å²) in [6.07, 6.45) is 7.49. The Balaban J connectivity index is 2.72. The highest BCUT2D eigenvalue weighted by molar-refractivity contribution is 5.84. The summed E-state index contributed by atoms with van der Waals surface area (Å²) in [7, 11) is 3.98. The summed E-state index contributed by atoms with van der Waals surface area (Å²) >= 11 is 0. The summed E-state index contributed by atoms with van der Waals surface area (Å²) in [6, 6.07) is 9.73. The fraction of sp³-hybridized carbons (Fsp3) is 0.500. The highest BCUT2D eigenvalue weighted by Crippen LogP contribution is 2.48. The molecule has 0 saturated carbocycles. The fourth-order valence-electron chi connectivity index (χ4n) is 3.90. The molecule has 1 aromatic rings. The van der Waals surface area contributed by atoms with E-state index >= 15 is 0 Å². The number of nitrogens with zero attached hydrogens (tertiary/aromatic N) is 1. The van der Waals surface area contributed by atoms with Crippen LogP contribution in [0.2, 0.25) is 0 Å². The van der Waals surface area contributed by atoms with E-state index in [4.69, 9.17) is 0 Å². The van der Waals surface area contributed by atoms with Crippen LogP contribution in [0.4, 0.5) is 0 Å². The molecule has 0 spiro atoms. The molecule has 1 aliphatic carbocycles. The van der Waals surface area contributed by atoms with Gasteiger partial charge < -0.3 is 5.11 Å². The van der Waals surface area contributed by atoms with E-state index in [1.807, 2.05) is 44.4 Å². The lowest BCUT2D eigenvalue weighted by atomic mass is 9.58. The first kappa shape index (κ1) is 15.8. The van der Waals surface area contributed by atoms with Crippen molar-refractivity contribution in [3.63, 3.8) is 0 Å². The van der Waals surface area contributed by atoms with E-state index in [9.17, 15) is 9.90 Å². The van der Waals surface area contributed by atoms with Gasteiger partial charge in [0.2, 0.25) is 0 Å². The highest BCUT2D eigenvalue weighted by atomic mass is 16.4. The van der Waals surface area contributed by atoms with E-state index < -0.39 is 16.9 Å². The number of rotatable bonds is 5. The smallest absolute Gasteiger partial charge is 0.316 e. The monoisotopic (exact) mass is 287 g/mol. The van der Waals surface area contributed by atoms with Crippen LogP contribution in [0.25, 0.3) is 0 Å². The van der Waals surface area contributed by atoms with E-state index in [1.54, 1.807) is 0 Å². The molecule has 0 aromatic heterocycles. The number of allylic oxidation sites excluding steroid dienone is 1. The van der Waals surface area contributed by atoms with Gasteiger partial charge in [0.15, 0.2) is 0 Å². The van der Waals surface area contributed by atoms with Crippen LogP contribution in [-0.2, 0) is 10.2 Å². The second-order valence-corrected chi connectivity index (χ2v) is 6.09. The van der Waals surface area contributed by atoms with Crippen molar-refractivity contribution in [3.8, 4) is 0 Å². The first-order chi connectivity index (χ1) is 10.0. The van der Waals surface area contributed by atoms with Crippen molar-refractivity contribution in [1.82, 2.24) is 4.90 Å². The Morgan fingerprint density at radius 1 is 1.29 bits per heavy atom. The van der Waals surface area contributed by atoms with E-state index in [0.717, 1.165) is 24.8 Å². The minimum atomic E-state index is -0.886. The van der Waals surface area contributed by atoms with Crippen LogP contribution in [-0.4, -0.2) is 35.6 Å². The number of carboxylic acid groups (broad SMARTS) is 1. The minimum absolute atomic E-state index is 0.479. The molecule has 0 heterocycles. The molecular formula is C18H25NO2. The van der Waals surface area contributed by atoms with Crippen molar-refractivity contribution in [2.45, 2.75) is 43.6 Å². The van der Waals surface area contributed by atoms with Crippen LogP contribution >= 0.6 is 0 Å². The summed E-state index contributed by atoms with van der Waals surface area (Å²) in [5.41, 5.74) is -0.459. The molecule has 0 saturated heterocycles. The quantitative estimate of drug-likeness (QED) is 0.843. The van der Waals surface area contributed by atoms with E-state index in [1.165, 1.54) is 0 Å². The minimum Gasteiger partial charge on any atom is -0.481 e. The standard InChI is InChI=1S/C18H25NO2/c1-4-12-17(19(2)3)13-8-9-14-18(17,16(20)21)15-10-6-5-7-11-15/h5-8,10-11,13H,4,9,12,14H2,1-3H3,(H,20,21). The molecule has 2 unspecified atom stereocenters. The molecule has 3 nitrogen and oxygen atoms in total. The van der Waals surface area contributed by atoms with Gasteiger partial charge in [-0.1, -0.05) is 55.8 Å². The largest absolute Gasteiger partial charge is 0.481 e. The van der Waals surface area contributed by atoms with Crippen LogP contribution in [0.3, 0.4) is 0 Å². The van der Waals surface area contributed by atoms with Gasteiger partial charge in [0.25, 0.3) is 0 Å². The lowest BCUT2D eigenvalue weighted by molar-refractivity contribution is -0.150. The number of carboxylic acids is 1. The normalized spacial score (nSPS) is 28.8. The molecule has 2 atom stereocenters. The van der Waals surface area contributed by atoms with Gasteiger partial charge >= 0.3 is 5.97 Å². The first-order valence-electron chi connectivity index (χ1n) is 7.65. The van der Waals surface area contributed by atoms with Crippen LogP contribution < -0.4 is 0 Å². The number of hydrogen-bond acceptors (Lipinski definition) is 2. The van der Waals surface area contributed by atoms with Crippen molar-refractivity contribution < 1.29 is 9.90 Å². The second kappa shape index (κ2) is 6.02. The first-order valence-corrected chi connectivity index (χ1v) is 7.65. The zero-order valence-corrected chi connectivity index (χ0v) is 13.2. The Hall–Kier alpha value is -1.61. The molecule has 0 amide bonds. The van der Waals surface area contributed by atoms with Crippen molar-refractivity contribution >= 4 is 5.97 Å². The Kier molecular flexibility index (Phi) is 4.52. The van der Waals surface area contributed by atoms with Gasteiger partial charge in [-0.05, 0) is 38.9 Å². The molecule has 1 aliphatic rings. The second-order valence-electron chi connectivity index (χ2n) is 6.09. The van der Waals surface area contributed by atoms with Gasteiger partial charge in [-0.3, -0.25) is 9.69 Å². The molecule has 3 heteroatoms. The van der Waals surface area contributed by atoms with E-state index in [0.29, 0.717) is 6.42 Å². The zero-order valence-electron chi connectivity index (χ0n) is 13.2. The van der Waals surface area contributed by atoms with Crippen molar-refractivity contribution in [2.24, 2.45) is 0 Å². The summed E-state index contributed by atoms with van der Waals surface area (Å²) in [5.74, 6) is -0.722. The lowest BCUT2D eigenvalue weighted by Gasteiger charge is -2.52. The molecule has 1 aromatic carbocycles. The Morgan fingerprint density at radius 3 is 2.48 bits per heavy atom. The van der Waals surface area contributed by atoms with Gasteiger partial charge in [-0.2, -0.15) is 0 Å². The number of likely N-dealkylation sites (N-methyl/N-ethyl adjacent to an activating group) is 1. The summed E-state index contributed by atoms with van der Waals surface area (Å²) < 4.78 is 0. The predicted octanol–water partition coefficient (Wildman–Crippen LogP) is 3.46. The zero-order chi connectivity index (χ0) is 15.5. The van der Waals surface area contributed by atoms with Crippen LogP contribution in [0, 0.1) is 0 Å². The Morgan fingerprint density at radius 2 is 1.95 bits per heavy atom. The number of benzene rings is 1. The van der Waals surface area contributed by atoms with Crippen molar-refractivity contribution in [3.05, 3.63) is 48.0 Å². The molecule has 2 rings (SSSR count). The van der Waals surface area contributed by atoms with Gasteiger partial charge in [0.05, 0.1) is 5.54 Å². The average molecular weight is 287 g/mol. The Labute approximate surface area is 127 Å². The molecule has 0 bridgehead atoms. The third-order valence-electron chi connectivity index (χ3n) is 4.88. The molecule has 0 aliphatic heterocycles. The van der Waals surface area contributed by atoms with Crippen molar-refractivity contribution in [2.75, 3.05) is 14.1 Å². The molecule has 0 fully saturated rings. The maximum absolute atomic E-state index is 12.4. The van der Waals surface area contributed by atoms with E-state index in [2.05, 4.69) is 24.0 Å². The molecule has 0 radical (unpaired) electrons. The maximum atomic E-state index is 12.4. The Bertz CT molecular complexity index is 523. The highest BCUT2D eigenvalue weighted by Gasteiger charge is 2.57. The van der Waals surface area contributed by atoms with Gasteiger partial charge in [-0.15, -0.1) is 0 Å². The summed E-state index contributed by atoms with van der Waals surface area (Å²) in [5, 5.41) is 10.2. The third-order valence-corrected chi connectivity index (χ3v) is 4.88. The molecule has 21 heavy (non-hydrogen) atoms.